The van der Waals surface area contributed by atoms with Crippen LogP contribution in [-0.4, -0.2) is 20.6 Å². The summed E-state index contributed by atoms with van der Waals surface area (Å²) in [5.41, 5.74) is 0.870. The maximum atomic E-state index is 12.5. The summed E-state index contributed by atoms with van der Waals surface area (Å²) in [5, 5.41) is 9.67. The Kier molecular flexibility index (Phi) is 2.89. The van der Waals surface area contributed by atoms with Crippen molar-refractivity contribution in [3.63, 3.8) is 0 Å². The lowest BCUT2D eigenvalue weighted by molar-refractivity contribution is -0.140. The van der Waals surface area contributed by atoms with Crippen LogP contribution in [0.2, 0.25) is 0 Å². The molecule has 0 aromatic carbocycles. The fourth-order valence-electron chi connectivity index (χ4n) is 2.55. The highest BCUT2D eigenvalue weighted by molar-refractivity contribution is 7.18. The van der Waals surface area contributed by atoms with Gasteiger partial charge in [-0.25, -0.2) is 9.78 Å². The fourth-order valence-corrected chi connectivity index (χ4v) is 3.77. The lowest BCUT2D eigenvalue weighted by Crippen LogP contribution is -2.28. The van der Waals surface area contributed by atoms with Crippen molar-refractivity contribution < 1.29 is 9.90 Å². The van der Waals surface area contributed by atoms with Crippen LogP contribution in [0.1, 0.15) is 36.2 Å². The fraction of sp³-hybridized carbons (Fsp3) is 0.462. The topological polar surface area (TPSA) is 72.2 Å². The Morgan fingerprint density at radius 3 is 2.95 bits per heavy atom. The van der Waals surface area contributed by atoms with Crippen LogP contribution in [-0.2, 0) is 17.6 Å². The molecule has 0 amide bonds. The molecule has 0 saturated heterocycles. The van der Waals surface area contributed by atoms with Crippen LogP contribution < -0.4 is 5.56 Å². The number of rotatable bonds is 2. The smallest absolute Gasteiger partial charge is 0.326 e. The van der Waals surface area contributed by atoms with Gasteiger partial charge in [0.15, 0.2) is 0 Å². The van der Waals surface area contributed by atoms with Gasteiger partial charge in [0, 0.05) is 4.88 Å². The van der Waals surface area contributed by atoms with E-state index in [1.165, 1.54) is 22.7 Å². The van der Waals surface area contributed by atoms with E-state index in [4.69, 9.17) is 5.11 Å². The zero-order valence-electron chi connectivity index (χ0n) is 10.5. The van der Waals surface area contributed by atoms with Gasteiger partial charge in [-0.05, 0) is 38.2 Å². The van der Waals surface area contributed by atoms with Crippen LogP contribution in [0.3, 0.4) is 0 Å². The summed E-state index contributed by atoms with van der Waals surface area (Å²) in [6.45, 7) is 1.50. The predicted octanol–water partition coefficient (Wildman–Crippen LogP) is 1.98. The number of thiophene rings is 1. The van der Waals surface area contributed by atoms with Gasteiger partial charge in [0.05, 0.1) is 11.7 Å². The van der Waals surface area contributed by atoms with Crippen molar-refractivity contribution in [2.24, 2.45) is 0 Å². The van der Waals surface area contributed by atoms with Gasteiger partial charge in [-0.3, -0.25) is 9.36 Å². The number of hydrogen-bond donors (Lipinski definition) is 1. The van der Waals surface area contributed by atoms with E-state index in [0.29, 0.717) is 5.39 Å². The largest absolute Gasteiger partial charge is 0.480 e. The standard InChI is InChI=1S/C13H14N2O3S/c1-7(13(17)18)15-6-14-11-10(12(15)16)8-4-2-3-5-9(8)19-11/h6-7H,2-5H2,1H3,(H,17,18)/t7-/m0/s1. The first-order chi connectivity index (χ1) is 9.09. The van der Waals surface area contributed by atoms with Crippen LogP contribution in [0.5, 0.6) is 0 Å². The van der Waals surface area contributed by atoms with E-state index < -0.39 is 12.0 Å². The maximum Gasteiger partial charge on any atom is 0.326 e. The Morgan fingerprint density at radius 2 is 2.21 bits per heavy atom. The van der Waals surface area contributed by atoms with E-state index in [9.17, 15) is 9.59 Å². The molecule has 0 unspecified atom stereocenters. The molecule has 19 heavy (non-hydrogen) atoms. The van der Waals surface area contributed by atoms with Gasteiger partial charge < -0.3 is 5.11 Å². The van der Waals surface area contributed by atoms with E-state index >= 15 is 0 Å². The van der Waals surface area contributed by atoms with Crippen LogP contribution >= 0.6 is 11.3 Å². The number of aryl methyl sites for hydroxylation is 2. The number of hydrogen-bond acceptors (Lipinski definition) is 4. The Labute approximate surface area is 113 Å². The molecule has 2 heterocycles. The van der Waals surface area contributed by atoms with Gasteiger partial charge >= 0.3 is 5.97 Å². The summed E-state index contributed by atoms with van der Waals surface area (Å²) < 4.78 is 1.21. The molecule has 1 N–H and O–H groups in total. The first-order valence-electron chi connectivity index (χ1n) is 6.34. The average Bonchev–Trinajstić information content (AvgIpc) is 2.77. The first kappa shape index (κ1) is 12.3. The second-order valence-corrected chi connectivity index (χ2v) is 5.95. The third kappa shape index (κ3) is 1.87. The molecule has 0 saturated carbocycles. The molecule has 1 aliphatic carbocycles. The molecule has 100 valence electrons. The molecular weight excluding hydrogens is 264 g/mol. The molecule has 1 aliphatic rings. The maximum absolute atomic E-state index is 12.5. The predicted molar refractivity (Wildman–Crippen MR) is 72.9 cm³/mol. The zero-order chi connectivity index (χ0) is 13.6. The summed E-state index contributed by atoms with van der Waals surface area (Å²) in [6.07, 6.45) is 5.49. The molecule has 0 fully saturated rings. The number of carboxylic acid groups (broad SMARTS) is 1. The van der Waals surface area contributed by atoms with Crippen LogP contribution in [0, 0.1) is 0 Å². The number of nitrogens with zero attached hydrogens (tertiary/aromatic N) is 2. The number of aliphatic carboxylic acids is 1. The molecule has 0 bridgehead atoms. The van der Waals surface area contributed by atoms with E-state index in [1.54, 1.807) is 11.3 Å². The highest BCUT2D eigenvalue weighted by Crippen LogP contribution is 2.33. The van der Waals surface area contributed by atoms with E-state index in [2.05, 4.69) is 4.98 Å². The SMILES string of the molecule is C[C@@H](C(=O)O)n1cnc2sc3c(c2c1=O)CCCC3. The molecule has 6 heteroatoms. The van der Waals surface area contributed by atoms with Gasteiger partial charge in [0.25, 0.3) is 5.56 Å². The first-order valence-corrected chi connectivity index (χ1v) is 7.15. The van der Waals surface area contributed by atoms with Crippen molar-refractivity contribution in [1.82, 2.24) is 9.55 Å². The summed E-state index contributed by atoms with van der Waals surface area (Å²) in [5.74, 6) is -1.02. The van der Waals surface area contributed by atoms with E-state index in [0.717, 1.165) is 36.1 Å². The lowest BCUT2D eigenvalue weighted by Gasteiger charge is -2.12. The van der Waals surface area contributed by atoms with Gasteiger partial charge in [0.2, 0.25) is 0 Å². The quantitative estimate of drug-likeness (QED) is 0.911. The highest BCUT2D eigenvalue weighted by atomic mass is 32.1. The molecule has 3 rings (SSSR count). The van der Waals surface area contributed by atoms with Crippen molar-refractivity contribution in [1.29, 1.82) is 0 Å². The minimum atomic E-state index is -1.02. The number of aromatic nitrogens is 2. The molecule has 0 spiro atoms. The Bertz CT molecular complexity index is 716. The molecule has 1 atom stereocenters. The second-order valence-electron chi connectivity index (χ2n) is 4.86. The Balaban J connectivity index is 2.26. The van der Waals surface area contributed by atoms with E-state index in [-0.39, 0.29) is 5.56 Å². The van der Waals surface area contributed by atoms with Crippen LogP contribution in [0.4, 0.5) is 0 Å². The van der Waals surface area contributed by atoms with Gasteiger partial charge in [0.1, 0.15) is 10.9 Å². The molecule has 2 aromatic rings. The highest BCUT2D eigenvalue weighted by Gasteiger charge is 2.22. The van der Waals surface area contributed by atoms with Crippen molar-refractivity contribution in [3.05, 3.63) is 27.1 Å². The summed E-state index contributed by atoms with van der Waals surface area (Å²) in [6, 6.07) is -0.886. The third-order valence-corrected chi connectivity index (χ3v) is 4.87. The van der Waals surface area contributed by atoms with Crippen molar-refractivity contribution in [3.8, 4) is 0 Å². The van der Waals surface area contributed by atoms with Crippen LogP contribution in [0.15, 0.2) is 11.1 Å². The van der Waals surface area contributed by atoms with Gasteiger partial charge in [-0.2, -0.15) is 0 Å². The summed E-state index contributed by atoms with van der Waals surface area (Å²) >= 11 is 1.57. The molecule has 2 aromatic heterocycles. The Hall–Kier alpha value is -1.69. The molecular formula is C13H14N2O3S. The zero-order valence-corrected chi connectivity index (χ0v) is 11.4. The van der Waals surface area contributed by atoms with Gasteiger partial charge in [-0.15, -0.1) is 11.3 Å². The lowest BCUT2D eigenvalue weighted by atomic mass is 9.97. The third-order valence-electron chi connectivity index (χ3n) is 3.68. The Morgan fingerprint density at radius 1 is 1.47 bits per heavy atom. The normalized spacial score (nSPS) is 16.3. The number of carboxylic acids is 1. The minimum absolute atomic E-state index is 0.223. The van der Waals surface area contributed by atoms with Gasteiger partial charge in [-0.1, -0.05) is 0 Å². The molecule has 0 radical (unpaired) electrons. The van der Waals surface area contributed by atoms with Crippen molar-refractivity contribution >= 4 is 27.5 Å². The monoisotopic (exact) mass is 278 g/mol. The molecule has 5 nitrogen and oxygen atoms in total. The average molecular weight is 278 g/mol. The summed E-state index contributed by atoms with van der Waals surface area (Å²) in [7, 11) is 0. The van der Waals surface area contributed by atoms with E-state index in [1.807, 2.05) is 0 Å². The minimum Gasteiger partial charge on any atom is -0.480 e. The number of fused-ring (bicyclic) bond motifs is 3. The van der Waals surface area contributed by atoms with Crippen molar-refractivity contribution in [2.45, 2.75) is 38.6 Å². The number of carbonyl (C=O) groups is 1. The van der Waals surface area contributed by atoms with Crippen molar-refractivity contribution in [2.75, 3.05) is 0 Å². The summed E-state index contributed by atoms with van der Waals surface area (Å²) in [4.78, 5) is 29.8. The molecule has 0 aliphatic heterocycles. The van der Waals surface area contributed by atoms with Crippen LogP contribution in [0.25, 0.3) is 10.2 Å². The second kappa shape index (κ2) is 4.45.